The fourth-order valence-electron chi connectivity index (χ4n) is 5.17. The molecule has 3 aliphatic rings. The van der Waals surface area contributed by atoms with Gasteiger partial charge in [-0.3, -0.25) is 0 Å². The van der Waals surface area contributed by atoms with Gasteiger partial charge in [0.15, 0.2) is 5.96 Å². The molecule has 114 valence electrons. The lowest BCUT2D eigenvalue weighted by atomic mass is 9.64. The Morgan fingerprint density at radius 3 is 2.90 bits per heavy atom. The molecular weight excluding hydrogens is 246 g/mol. The Bertz CT molecular complexity index is 365. The van der Waals surface area contributed by atoms with Gasteiger partial charge in [0.1, 0.15) is 0 Å². The Balaban J connectivity index is 1.70. The molecule has 0 bridgehead atoms. The van der Waals surface area contributed by atoms with Gasteiger partial charge in [-0.25, -0.2) is 4.99 Å². The van der Waals surface area contributed by atoms with Gasteiger partial charge in [-0.2, -0.15) is 0 Å². The molecule has 20 heavy (non-hydrogen) atoms. The number of guanidine groups is 1. The smallest absolute Gasteiger partial charge is 0.189 e. The van der Waals surface area contributed by atoms with Crippen LogP contribution in [0.15, 0.2) is 4.99 Å². The standard InChI is InChI=1S/C17H31N3/c1-3-4-5-6-7-13-11(2)10-12-8-9-14-15(12)16(13)20-17(18)19-14/h11-16H,3-10H2,1-2H3,(H3,18,19,20)/t11-,12?,13-,14?,15?,16?/m1/s1. The summed E-state index contributed by atoms with van der Waals surface area (Å²) in [6.07, 6.45) is 10.9. The van der Waals surface area contributed by atoms with Gasteiger partial charge in [0.05, 0.1) is 6.04 Å². The van der Waals surface area contributed by atoms with Crippen molar-refractivity contribution in [1.29, 1.82) is 0 Å². The van der Waals surface area contributed by atoms with E-state index in [1.54, 1.807) is 0 Å². The molecule has 2 saturated carbocycles. The van der Waals surface area contributed by atoms with Crippen molar-refractivity contribution >= 4 is 5.96 Å². The van der Waals surface area contributed by atoms with Crippen LogP contribution in [0.4, 0.5) is 0 Å². The third-order valence-electron chi connectivity index (χ3n) is 6.11. The first-order chi connectivity index (χ1) is 9.70. The zero-order valence-corrected chi connectivity index (χ0v) is 13.1. The largest absolute Gasteiger partial charge is 0.370 e. The van der Waals surface area contributed by atoms with Crippen molar-refractivity contribution in [2.75, 3.05) is 0 Å². The highest BCUT2D eigenvalue weighted by molar-refractivity contribution is 5.79. The van der Waals surface area contributed by atoms with Gasteiger partial charge >= 0.3 is 0 Å². The van der Waals surface area contributed by atoms with Crippen LogP contribution in [-0.2, 0) is 0 Å². The molecule has 2 aliphatic carbocycles. The summed E-state index contributed by atoms with van der Waals surface area (Å²) in [7, 11) is 0. The van der Waals surface area contributed by atoms with Gasteiger partial charge in [-0.05, 0) is 43.4 Å². The highest BCUT2D eigenvalue weighted by Gasteiger charge is 2.50. The SMILES string of the molecule is CCCCCC[C@H]1C2N=C(N)NC3CCC(C[C@H]1C)C32. The summed E-state index contributed by atoms with van der Waals surface area (Å²) in [6, 6.07) is 1.13. The second-order valence-electron chi connectivity index (χ2n) is 7.40. The minimum Gasteiger partial charge on any atom is -0.370 e. The van der Waals surface area contributed by atoms with Crippen molar-refractivity contribution in [1.82, 2.24) is 5.32 Å². The molecule has 0 amide bonds. The predicted octanol–water partition coefficient (Wildman–Crippen LogP) is 3.29. The van der Waals surface area contributed by atoms with Crippen molar-refractivity contribution in [3.8, 4) is 0 Å². The van der Waals surface area contributed by atoms with Gasteiger partial charge < -0.3 is 11.1 Å². The van der Waals surface area contributed by atoms with Gasteiger partial charge in [0.25, 0.3) is 0 Å². The molecule has 3 rings (SSSR count). The molecule has 4 unspecified atom stereocenters. The summed E-state index contributed by atoms with van der Waals surface area (Å²) in [5.41, 5.74) is 6.05. The molecule has 3 heteroatoms. The quantitative estimate of drug-likeness (QED) is 0.758. The highest BCUT2D eigenvalue weighted by Crippen LogP contribution is 2.50. The van der Waals surface area contributed by atoms with Gasteiger partial charge in [-0.1, -0.05) is 39.5 Å². The molecule has 6 atom stereocenters. The molecular formula is C17H31N3. The molecule has 0 aromatic rings. The number of nitrogens with one attached hydrogen (secondary N) is 1. The van der Waals surface area contributed by atoms with Crippen molar-refractivity contribution in [2.24, 2.45) is 34.4 Å². The third-order valence-corrected chi connectivity index (χ3v) is 6.11. The Hall–Kier alpha value is -0.730. The van der Waals surface area contributed by atoms with Gasteiger partial charge in [0, 0.05) is 12.0 Å². The average molecular weight is 277 g/mol. The van der Waals surface area contributed by atoms with Crippen LogP contribution < -0.4 is 11.1 Å². The summed E-state index contributed by atoms with van der Waals surface area (Å²) in [5.74, 6) is 3.99. The summed E-state index contributed by atoms with van der Waals surface area (Å²) in [4.78, 5) is 4.86. The third kappa shape index (κ3) is 2.56. The van der Waals surface area contributed by atoms with Gasteiger partial charge in [0.2, 0.25) is 0 Å². The highest BCUT2D eigenvalue weighted by atomic mass is 15.2. The van der Waals surface area contributed by atoms with Crippen molar-refractivity contribution in [2.45, 2.75) is 77.3 Å². The van der Waals surface area contributed by atoms with E-state index < -0.39 is 0 Å². The molecule has 1 aliphatic heterocycles. The van der Waals surface area contributed by atoms with Crippen molar-refractivity contribution in [3.05, 3.63) is 0 Å². The summed E-state index contributed by atoms with van der Waals surface area (Å²) in [5, 5.41) is 3.45. The van der Waals surface area contributed by atoms with E-state index in [4.69, 9.17) is 10.7 Å². The number of rotatable bonds is 5. The van der Waals surface area contributed by atoms with Crippen LogP contribution in [0.2, 0.25) is 0 Å². The maximum atomic E-state index is 6.05. The van der Waals surface area contributed by atoms with Crippen LogP contribution in [0.25, 0.3) is 0 Å². The van der Waals surface area contributed by atoms with Crippen molar-refractivity contribution < 1.29 is 0 Å². The Labute approximate surface area is 123 Å². The van der Waals surface area contributed by atoms with E-state index in [0.717, 1.165) is 23.7 Å². The molecule has 2 fully saturated rings. The monoisotopic (exact) mass is 277 g/mol. The number of nitrogens with two attached hydrogens (primary N) is 1. The number of nitrogens with zero attached hydrogens (tertiary/aromatic N) is 1. The minimum atomic E-state index is 0.513. The first-order valence-electron chi connectivity index (χ1n) is 8.80. The summed E-state index contributed by atoms with van der Waals surface area (Å²) < 4.78 is 0. The molecule has 0 radical (unpaired) electrons. The Kier molecular flexibility index (Phi) is 4.23. The molecule has 0 aromatic heterocycles. The van der Waals surface area contributed by atoms with E-state index in [9.17, 15) is 0 Å². The fourth-order valence-corrected chi connectivity index (χ4v) is 5.17. The van der Waals surface area contributed by atoms with Crippen LogP contribution in [-0.4, -0.2) is 18.0 Å². The van der Waals surface area contributed by atoms with Crippen LogP contribution in [0, 0.1) is 23.7 Å². The first-order valence-corrected chi connectivity index (χ1v) is 8.80. The first kappa shape index (κ1) is 14.2. The fraction of sp³-hybridized carbons (Fsp3) is 0.941. The topological polar surface area (TPSA) is 50.4 Å². The lowest BCUT2D eigenvalue weighted by Crippen LogP contribution is -2.55. The molecule has 0 spiro atoms. The number of hydrogen-bond acceptors (Lipinski definition) is 3. The van der Waals surface area contributed by atoms with Crippen LogP contribution in [0.5, 0.6) is 0 Å². The van der Waals surface area contributed by atoms with Crippen LogP contribution in [0.3, 0.4) is 0 Å². The number of unbranched alkanes of at least 4 members (excludes halogenated alkanes) is 3. The van der Waals surface area contributed by atoms with E-state index in [1.807, 2.05) is 0 Å². The molecule has 1 heterocycles. The average Bonchev–Trinajstić information content (AvgIpc) is 2.80. The molecule has 3 N–H and O–H groups in total. The van der Waals surface area contributed by atoms with Crippen LogP contribution >= 0.6 is 0 Å². The minimum absolute atomic E-state index is 0.513. The van der Waals surface area contributed by atoms with Crippen LogP contribution in [0.1, 0.15) is 65.2 Å². The Morgan fingerprint density at radius 1 is 1.25 bits per heavy atom. The van der Waals surface area contributed by atoms with Gasteiger partial charge in [-0.15, -0.1) is 0 Å². The summed E-state index contributed by atoms with van der Waals surface area (Å²) in [6.45, 7) is 4.75. The van der Waals surface area contributed by atoms with E-state index in [0.29, 0.717) is 18.0 Å². The maximum absolute atomic E-state index is 6.05. The zero-order chi connectivity index (χ0) is 14.1. The summed E-state index contributed by atoms with van der Waals surface area (Å²) >= 11 is 0. The maximum Gasteiger partial charge on any atom is 0.189 e. The number of aliphatic imine (C=N–C) groups is 1. The lowest BCUT2D eigenvalue weighted by molar-refractivity contribution is 0.0896. The lowest BCUT2D eigenvalue weighted by Gasteiger charge is -2.46. The van der Waals surface area contributed by atoms with E-state index in [2.05, 4.69) is 19.2 Å². The Morgan fingerprint density at radius 2 is 2.10 bits per heavy atom. The second-order valence-corrected chi connectivity index (χ2v) is 7.40. The zero-order valence-electron chi connectivity index (χ0n) is 13.1. The second kappa shape index (κ2) is 5.95. The van der Waals surface area contributed by atoms with Crippen molar-refractivity contribution in [3.63, 3.8) is 0 Å². The molecule has 0 saturated heterocycles. The van der Waals surface area contributed by atoms with E-state index >= 15 is 0 Å². The molecule has 3 nitrogen and oxygen atoms in total. The van der Waals surface area contributed by atoms with E-state index in [-0.39, 0.29) is 0 Å². The molecule has 0 aromatic carbocycles. The van der Waals surface area contributed by atoms with E-state index in [1.165, 1.54) is 51.4 Å². The normalized spacial score (nSPS) is 42.8. The predicted molar refractivity (Wildman–Crippen MR) is 84.6 cm³/mol. The number of hydrogen-bond donors (Lipinski definition) is 2.